The number of esters is 1. The van der Waals surface area contributed by atoms with Gasteiger partial charge in [-0.3, -0.25) is 0 Å². The first kappa shape index (κ1) is 12.7. The van der Waals surface area contributed by atoms with Crippen LogP contribution in [0.25, 0.3) is 6.08 Å². The van der Waals surface area contributed by atoms with Crippen LogP contribution in [0.4, 0.5) is 0 Å². The molecule has 0 radical (unpaired) electrons. The molecule has 86 valence electrons. The third-order valence-corrected chi connectivity index (χ3v) is 2.27. The van der Waals surface area contributed by atoms with Crippen LogP contribution in [0.2, 0.25) is 5.02 Å². The second-order valence-corrected chi connectivity index (χ2v) is 3.51. The molecule has 0 bridgehead atoms. The second kappa shape index (κ2) is 6.30. The van der Waals surface area contributed by atoms with Crippen LogP contribution in [-0.2, 0) is 16.1 Å². The highest BCUT2D eigenvalue weighted by Crippen LogP contribution is 2.19. The second-order valence-electron chi connectivity index (χ2n) is 3.10. The molecular formula is C12H13ClO3. The summed E-state index contributed by atoms with van der Waals surface area (Å²) in [6.07, 6.45) is 2.88. The lowest BCUT2D eigenvalue weighted by Gasteiger charge is -2.01. The maximum absolute atomic E-state index is 11.1. The van der Waals surface area contributed by atoms with Crippen molar-refractivity contribution in [3.8, 4) is 0 Å². The van der Waals surface area contributed by atoms with Crippen LogP contribution >= 0.6 is 11.6 Å². The van der Waals surface area contributed by atoms with Crippen LogP contribution in [0.1, 0.15) is 18.1 Å². The average molecular weight is 241 g/mol. The van der Waals surface area contributed by atoms with Crippen LogP contribution in [-0.4, -0.2) is 17.7 Å². The molecule has 0 aromatic heterocycles. The highest BCUT2D eigenvalue weighted by molar-refractivity contribution is 6.32. The summed E-state index contributed by atoms with van der Waals surface area (Å²) in [7, 11) is 0. The van der Waals surface area contributed by atoms with Gasteiger partial charge >= 0.3 is 5.97 Å². The van der Waals surface area contributed by atoms with E-state index < -0.39 is 5.97 Å². The van der Waals surface area contributed by atoms with Gasteiger partial charge in [0.05, 0.1) is 13.2 Å². The fourth-order valence-electron chi connectivity index (χ4n) is 1.17. The minimum absolute atomic E-state index is 0.0581. The molecule has 0 heterocycles. The number of hydrogen-bond acceptors (Lipinski definition) is 3. The van der Waals surface area contributed by atoms with E-state index >= 15 is 0 Å². The molecule has 0 aliphatic carbocycles. The molecule has 0 fully saturated rings. The number of benzene rings is 1. The van der Waals surface area contributed by atoms with Crippen LogP contribution in [0, 0.1) is 0 Å². The summed E-state index contributed by atoms with van der Waals surface area (Å²) in [5.74, 6) is -0.409. The molecule has 0 atom stereocenters. The summed E-state index contributed by atoms with van der Waals surface area (Å²) in [4.78, 5) is 11.1. The molecule has 0 unspecified atom stereocenters. The summed E-state index contributed by atoms with van der Waals surface area (Å²) in [5, 5.41) is 9.48. The highest BCUT2D eigenvalue weighted by atomic mass is 35.5. The molecule has 0 saturated carbocycles. The minimum Gasteiger partial charge on any atom is -0.463 e. The average Bonchev–Trinajstić information content (AvgIpc) is 2.28. The molecule has 1 rings (SSSR count). The number of aliphatic hydroxyl groups is 1. The molecule has 0 amide bonds. The third-order valence-electron chi connectivity index (χ3n) is 1.93. The Morgan fingerprint density at radius 2 is 2.31 bits per heavy atom. The summed E-state index contributed by atoms with van der Waals surface area (Å²) < 4.78 is 4.74. The Morgan fingerprint density at radius 3 is 2.94 bits per heavy atom. The number of ether oxygens (including phenoxy) is 1. The Bertz CT molecular complexity index is 399. The standard InChI is InChI=1S/C12H13ClO3/c1-2-16-12(15)6-4-10-7-9(8-14)3-5-11(10)13/h3-7,14H,2,8H2,1H3. The lowest BCUT2D eigenvalue weighted by atomic mass is 10.1. The van der Waals surface area contributed by atoms with Gasteiger partial charge in [0.15, 0.2) is 0 Å². The molecule has 1 aromatic carbocycles. The number of aliphatic hydroxyl groups excluding tert-OH is 1. The van der Waals surface area contributed by atoms with Gasteiger partial charge in [-0.2, -0.15) is 0 Å². The van der Waals surface area contributed by atoms with Gasteiger partial charge in [0.25, 0.3) is 0 Å². The molecule has 0 saturated heterocycles. The van der Waals surface area contributed by atoms with Crippen LogP contribution in [0.3, 0.4) is 0 Å². The SMILES string of the molecule is CCOC(=O)C=Cc1cc(CO)ccc1Cl. The van der Waals surface area contributed by atoms with Crippen molar-refractivity contribution in [1.82, 2.24) is 0 Å². The van der Waals surface area contributed by atoms with Gasteiger partial charge in [-0.05, 0) is 36.3 Å². The van der Waals surface area contributed by atoms with Crippen molar-refractivity contribution in [3.63, 3.8) is 0 Å². The van der Waals surface area contributed by atoms with E-state index in [-0.39, 0.29) is 6.61 Å². The fraction of sp³-hybridized carbons (Fsp3) is 0.250. The van der Waals surface area contributed by atoms with E-state index in [1.165, 1.54) is 6.08 Å². The fourth-order valence-corrected chi connectivity index (χ4v) is 1.35. The van der Waals surface area contributed by atoms with Crippen molar-refractivity contribution < 1.29 is 14.6 Å². The normalized spacial score (nSPS) is 10.7. The van der Waals surface area contributed by atoms with Gasteiger partial charge in [-0.1, -0.05) is 17.7 Å². The Morgan fingerprint density at radius 1 is 1.56 bits per heavy atom. The van der Waals surface area contributed by atoms with Crippen molar-refractivity contribution >= 4 is 23.6 Å². The van der Waals surface area contributed by atoms with Crippen molar-refractivity contribution in [2.24, 2.45) is 0 Å². The monoisotopic (exact) mass is 240 g/mol. The first-order valence-corrected chi connectivity index (χ1v) is 5.29. The van der Waals surface area contributed by atoms with Gasteiger partial charge in [0.1, 0.15) is 0 Å². The van der Waals surface area contributed by atoms with E-state index in [2.05, 4.69) is 0 Å². The highest BCUT2D eigenvalue weighted by Gasteiger charge is 2.00. The van der Waals surface area contributed by atoms with E-state index in [4.69, 9.17) is 21.4 Å². The summed E-state index contributed by atoms with van der Waals surface area (Å²) in [6, 6.07) is 5.13. The third kappa shape index (κ3) is 3.68. The zero-order valence-corrected chi connectivity index (χ0v) is 9.70. The largest absolute Gasteiger partial charge is 0.463 e. The molecule has 0 spiro atoms. The Balaban J connectivity index is 2.83. The maximum atomic E-state index is 11.1. The molecule has 16 heavy (non-hydrogen) atoms. The van der Waals surface area contributed by atoms with Crippen molar-refractivity contribution in [2.45, 2.75) is 13.5 Å². The quantitative estimate of drug-likeness (QED) is 0.649. The Hall–Kier alpha value is -1.32. The summed E-state index contributed by atoms with van der Waals surface area (Å²) >= 11 is 5.93. The van der Waals surface area contributed by atoms with Crippen LogP contribution < -0.4 is 0 Å². The number of carbonyl (C=O) groups is 1. The van der Waals surface area contributed by atoms with E-state index in [9.17, 15) is 4.79 Å². The number of carbonyl (C=O) groups excluding carboxylic acids is 1. The minimum atomic E-state index is -0.409. The number of rotatable bonds is 4. The van der Waals surface area contributed by atoms with Gasteiger partial charge < -0.3 is 9.84 Å². The smallest absolute Gasteiger partial charge is 0.330 e. The molecular weight excluding hydrogens is 228 g/mol. The number of hydrogen-bond donors (Lipinski definition) is 1. The lowest BCUT2D eigenvalue weighted by molar-refractivity contribution is -0.137. The van der Waals surface area contributed by atoms with Gasteiger partial charge in [-0.15, -0.1) is 0 Å². The Labute approximate surface area is 99.3 Å². The molecule has 1 N–H and O–H groups in total. The Kier molecular flexibility index (Phi) is 5.02. The van der Waals surface area contributed by atoms with Crippen molar-refractivity contribution in [3.05, 3.63) is 40.4 Å². The zero-order valence-electron chi connectivity index (χ0n) is 8.94. The topological polar surface area (TPSA) is 46.5 Å². The summed E-state index contributed by atoms with van der Waals surface area (Å²) in [5.41, 5.74) is 1.43. The summed E-state index contributed by atoms with van der Waals surface area (Å²) in [6.45, 7) is 2.02. The van der Waals surface area contributed by atoms with Crippen molar-refractivity contribution in [1.29, 1.82) is 0 Å². The predicted octanol–water partition coefficient (Wildman–Crippen LogP) is 2.41. The van der Waals surface area contributed by atoms with Crippen molar-refractivity contribution in [2.75, 3.05) is 6.61 Å². The van der Waals surface area contributed by atoms with Gasteiger partial charge in [0.2, 0.25) is 0 Å². The molecule has 1 aromatic rings. The molecule has 3 nitrogen and oxygen atoms in total. The first-order valence-electron chi connectivity index (χ1n) is 4.91. The molecule has 0 aliphatic heterocycles. The van der Waals surface area contributed by atoms with Crippen LogP contribution in [0.15, 0.2) is 24.3 Å². The van der Waals surface area contributed by atoms with E-state index in [0.717, 1.165) is 5.56 Å². The van der Waals surface area contributed by atoms with Gasteiger partial charge in [-0.25, -0.2) is 4.79 Å². The molecule has 0 aliphatic rings. The van der Waals surface area contributed by atoms with Gasteiger partial charge in [0, 0.05) is 11.1 Å². The molecule has 4 heteroatoms. The first-order chi connectivity index (χ1) is 7.67. The maximum Gasteiger partial charge on any atom is 0.330 e. The predicted molar refractivity (Wildman–Crippen MR) is 63.0 cm³/mol. The zero-order chi connectivity index (χ0) is 12.0. The van der Waals surface area contributed by atoms with E-state index in [1.54, 1.807) is 31.2 Å². The lowest BCUT2D eigenvalue weighted by Crippen LogP contribution is -1.98. The van der Waals surface area contributed by atoms with E-state index in [1.807, 2.05) is 0 Å². The number of halogens is 1. The van der Waals surface area contributed by atoms with Crippen LogP contribution in [0.5, 0.6) is 0 Å². The van der Waals surface area contributed by atoms with E-state index in [0.29, 0.717) is 17.2 Å².